The van der Waals surface area contributed by atoms with Gasteiger partial charge < -0.3 is 9.64 Å². The highest BCUT2D eigenvalue weighted by Crippen LogP contribution is 2.22. The predicted octanol–water partition coefficient (Wildman–Crippen LogP) is 2.81. The van der Waals surface area contributed by atoms with E-state index in [9.17, 15) is 8.42 Å². The molecule has 1 N–H and O–H groups in total. The topological polar surface area (TPSA) is 84.4 Å². The summed E-state index contributed by atoms with van der Waals surface area (Å²) in [6.07, 6.45) is 1.60. The average Bonchev–Trinajstić information content (AvgIpc) is 2.68. The number of para-hydroxylation sites is 1. The van der Waals surface area contributed by atoms with Crippen LogP contribution in [0.3, 0.4) is 0 Å². The maximum atomic E-state index is 12.5. The van der Waals surface area contributed by atoms with Gasteiger partial charge in [0.1, 0.15) is 11.5 Å². The molecule has 8 heteroatoms. The average molecular weight is 384 g/mol. The maximum absolute atomic E-state index is 12.5. The van der Waals surface area contributed by atoms with Gasteiger partial charge in [0.2, 0.25) is 16.0 Å². The standard InChI is InChI=1S/C19H20N4O3S/c1-23(2)19-20-13-12-15(22-19)14-21-27(24,25)18-10-8-17(9-11-18)26-16-6-4-3-5-7-16/h3-13,21H,14H2,1-2H3. The van der Waals surface area contributed by atoms with Gasteiger partial charge >= 0.3 is 0 Å². The summed E-state index contributed by atoms with van der Waals surface area (Å²) >= 11 is 0. The van der Waals surface area contributed by atoms with E-state index in [4.69, 9.17) is 4.74 Å². The fourth-order valence-corrected chi connectivity index (χ4v) is 3.26. The van der Waals surface area contributed by atoms with Crippen LogP contribution in [0.15, 0.2) is 71.8 Å². The minimum atomic E-state index is -3.66. The molecule has 3 rings (SSSR count). The van der Waals surface area contributed by atoms with E-state index in [1.54, 1.807) is 29.3 Å². The molecule has 0 saturated carbocycles. The number of sulfonamides is 1. The minimum absolute atomic E-state index is 0.0773. The van der Waals surface area contributed by atoms with E-state index in [2.05, 4.69) is 14.7 Å². The fraction of sp³-hybridized carbons (Fsp3) is 0.158. The number of anilines is 1. The molecule has 3 aromatic rings. The SMILES string of the molecule is CN(C)c1nccc(CNS(=O)(=O)c2ccc(Oc3ccccc3)cc2)n1. The van der Waals surface area contributed by atoms with E-state index in [0.717, 1.165) is 0 Å². The quantitative estimate of drug-likeness (QED) is 0.674. The summed E-state index contributed by atoms with van der Waals surface area (Å²) in [6.45, 7) is 0.0773. The Morgan fingerprint density at radius 3 is 2.30 bits per heavy atom. The summed E-state index contributed by atoms with van der Waals surface area (Å²) < 4.78 is 33.2. The maximum Gasteiger partial charge on any atom is 0.240 e. The van der Waals surface area contributed by atoms with Crippen molar-refractivity contribution in [2.24, 2.45) is 0 Å². The van der Waals surface area contributed by atoms with E-state index in [1.807, 2.05) is 44.4 Å². The molecule has 1 aromatic heterocycles. The molecule has 0 atom stereocenters. The Morgan fingerprint density at radius 2 is 1.63 bits per heavy atom. The summed E-state index contributed by atoms with van der Waals surface area (Å²) in [7, 11) is -0.0172. The van der Waals surface area contributed by atoms with Crippen LogP contribution >= 0.6 is 0 Å². The zero-order valence-corrected chi connectivity index (χ0v) is 15.8. The molecule has 7 nitrogen and oxygen atoms in total. The summed E-state index contributed by atoms with van der Waals surface area (Å²) in [5.74, 6) is 1.77. The number of hydrogen-bond acceptors (Lipinski definition) is 6. The van der Waals surface area contributed by atoms with E-state index < -0.39 is 10.0 Å². The lowest BCUT2D eigenvalue weighted by atomic mass is 10.3. The molecule has 27 heavy (non-hydrogen) atoms. The first kappa shape index (κ1) is 18.8. The van der Waals surface area contributed by atoms with Crippen LogP contribution in [0.25, 0.3) is 0 Å². The van der Waals surface area contributed by atoms with Crippen molar-refractivity contribution in [3.8, 4) is 11.5 Å². The number of hydrogen-bond donors (Lipinski definition) is 1. The Labute approximate surface area is 158 Å². The zero-order chi connectivity index (χ0) is 19.3. The van der Waals surface area contributed by atoms with Gasteiger partial charge in [-0.1, -0.05) is 18.2 Å². The number of ether oxygens (including phenoxy) is 1. The Kier molecular flexibility index (Phi) is 5.68. The fourth-order valence-electron chi connectivity index (χ4n) is 2.26. The Hall–Kier alpha value is -2.97. The number of benzene rings is 2. The van der Waals surface area contributed by atoms with Gasteiger partial charge in [0.15, 0.2) is 0 Å². The molecule has 0 saturated heterocycles. The molecule has 0 aliphatic heterocycles. The van der Waals surface area contributed by atoms with Crippen molar-refractivity contribution in [2.45, 2.75) is 11.4 Å². The molecule has 1 heterocycles. The molecule has 0 aliphatic carbocycles. The predicted molar refractivity (Wildman–Crippen MR) is 103 cm³/mol. The molecule has 140 valence electrons. The third-order valence-corrected chi connectivity index (χ3v) is 5.07. The summed E-state index contributed by atoms with van der Waals surface area (Å²) in [5, 5.41) is 0. The zero-order valence-electron chi connectivity index (χ0n) is 15.0. The normalized spacial score (nSPS) is 11.2. The van der Waals surface area contributed by atoms with Gasteiger partial charge in [0, 0.05) is 20.3 Å². The van der Waals surface area contributed by atoms with Gasteiger partial charge in [0.25, 0.3) is 0 Å². The van der Waals surface area contributed by atoms with Crippen LogP contribution in [0.2, 0.25) is 0 Å². The second-order valence-electron chi connectivity index (χ2n) is 5.95. The van der Waals surface area contributed by atoms with Crippen LogP contribution in [0.1, 0.15) is 5.69 Å². The lowest BCUT2D eigenvalue weighted by Gasteiger charge is -2.11. The highest BCUT2D eigenvalue weighted by Gasteiger charge is 2.14. The van der Waals surface area contributed by atoms with Gasteiger partial charge in [-0.2, -0.15) is 0 Å². The first-order chi connectivity index (χ1) is 12.9. The monoisotopic (exact) mass is 384 g/mol. The van der Waals surface area contributed by atoms with Crippen molar-refractivity contribution in [3.63, 3.8) is 0 Å². The number of nitrogens with one attached hydrogen (secondary N) is 1. The molecular formula is C19H20N4O3S. The van der Waals surface area contributed by atoms with E-state index in [1.165, 1.54) is 12.1 Å². The molecule has 0 amide bonds. The Balaban J connectivity index is 1.67. The highest BCUT2D eigenvalue weighted by atomic mass is 32.2. The number of aromatic nitrogens is 2. The highest BCUT2D eigenvalue weighted by molar-refractivity contribution is 7.89. The van der Waals surface area contributed by atoms with Gasteiger partial charge in [-0.05, 0) is 42.5 Å². The van der Waals surface area contributed by atoms with Crippen LogP contribution < -0.4 is 14.4 Å². The lowest BCUT2D eigenvalue weighted by molar-refractivity contribution is 0.482. The van der Waals surface area contributed by atoms with Crippen LogP contribution in [0.5, 0.6) is 11.5 Å². The Morgan fingerprint density at radius 1 is 0.963 bits per heavy atom. The molecule has 0 spiro atoms. The number of nitrogens with zero attached hydrogens (tertiary/aromatic N) is 3. The van der Waals surface area contributed by atoms with Crippen molar-refractivity contribution in [3.05, 3.63) is 72.6 Å². The van der Waals surface area contributed by atoms with Crippen molar-refractivity contribution in [1.82, 2.24) is 14.7 Å². The van der Waals surface area contributed by atoms with Crippen LogP contribution in [-0.2, 0) is 16.6 Å². The largest absolute Gasteiger partial charge is 0.457 e. The number of rotatable bonds is 7. The van der Waals surface area contributed by atoms with Crippen LogP contribution in [0.4, 0.5) is 5.95 Å². The molecule has 0 bridgehead atoms. The van der Waals surface area contributed by atoms with Gasteiger partial charge in [-0.3, -0.25) is 0 Å². The van der Waals surface area contributed by atoms with Crippen molar-refractivity contribution in [2.75, 3.05) is 19.0 Å². The van der Waals surface area contributed by atoms with Crippen LogP contribution in [-0.4, -0.2) is 32.5 Å². The summed E-state index contributed by atoms with van der Waals surface area (Å²) in [6, 6.07) is 17.2. The van der Waals surface area contributed by atoms with Crippen LogP contribution in [0, 0.1) is 0 Å². The smallest absolute Gasteiger partial charge is 0.240 e. The molecular weight excluding hydrogens is 364 g/mol. The Bertz CT molecular complexity index is 991. The molecule has 0 fully saturated rings. The van der Waals surface area contributed by atoms with E-state index in [-0.39, 0.29) is 11.4 Å². The second-order valence-corrected chi connectivity index (χ2v) is 7.72. The van der Waals surface area contributed by atoms with Gasteiger partial charge in [-0.15, -0.1) is 0 Å². The first-order valence-electron chi connectivity index (χ1n) is 8.26. The molecule has 0 unspecified atom stereocenters. The van der Waals surface area contributed by atoms with E-state index >= 15 is 0 Å². The van der Waals surface area contributed by atoms with Crippen molar-refractivity contribution < 1.29 is 13.2 Å². The summed E-state index contributed by atoms with van der Waals surface area (Å²) in [4.78, 5) is 10.3. The van der Waals surface area contributed by atoms with Crippen molar-refractivity contribution >= 4 is 16.0 Å². The van der Waals surface area contributed by atoms with Gasteiger partial charge in [0.05, 0.1) is 17.1 Å². The first-order valence-corrected chi connectivity index (χ1v) is 9.74. The van der Waals surface area contributed by atoms with Gasteiger partial charge in [-0.25, -0.2) is 23.1 Å². The van der Waals surface area contributed by atoms with E-state index in [0.29, 0.717) is 23.1 Å². The lowest BCUT2D eigenvalue weighted by Crippen LogP contribution is -2.24. The van der Waals surface area contributed by atoms with Crippen molar-refractivity contribution in [1.29, 1.82) is 0 Å². The third-order valence-electron chi connectivity index (χ3n) is 3.66. The molecule has 0 radical (unpaired) electrons. The molecule has 0 aliphatic rings. The minimum Gasteiger partial charge on any atom is -0.457 e. The molecule has 2 aromatic carbocycles. The summed E-state index contributed by atoms with van der Waals surface area (Å²) in [5.41, 5.74) is 0.585. The second kappa shape index (κ2) is 8.15. The third kappa shape index (κ3) is 5.02.